The molecular weight excluding hydrogens is 417 g/mol. The van der Waals surface area contributed by atoms with Gasteiger partial charge in [-0.3, -0.25) is 4.98 Å². The Morgan fingerprint density at radius 3 is 2.69 bits per heavy atom. The molecule has 0 saturated carbocycles. The first-order valence-electron chi connectivity index (χ1n) is 10.5. The molecule has 1 aromatic carbocycles. The molecule has 0 aliphatic carbocycles. The third-order valence-electron chi connectivity index (χ3n) is 5.74. The van der Waals surface area contributed by atoms with Crippen LogP contribution < -0.4 is 27.0 Å². The van der Waals surface area contributed by atoms with E-state index in [0.717, 1.165) is 49.1 Å². The first-order chi connectivity index (χ1) is 15.3. The van der Waals surface area contributed by atoms with Gasteiger partial charge in [0.1, 0.15) is 23.1 Å². The van der Waals surface area contributed by atoms with Gasteiger partial charge in [0.05, 0.1) is 35.4 Å². The highest BCUT2D eigenvalue weighted by Gasteiger charge is 2.31. The topological polar surface area (TPSA) is 92.2 Å². The van der Waals surface area contributed by atoms with Gasteiger partial charge in [0, 0.05) is 25.3 Å². The lowest BCUT2D eigenvalue weighted by atomic mass is 9.96. The summed E-state index contributed by atoms with van der Waals surface area (Å²) >= 11 is 0. The summed E-state index contributed by atoms with van der Waals surface area (Å²) in [5, 5.41) is 6.01. The van der Waals surface area contributed by atoms with Crippen LogP contribution in [0.3, 0.4) is 0 Å². The van der Waals surface area contributed by atoms with E-state index in [1.54, 1.807) is 12.4 Å². The van der Waals surface area contributed by atoms with Crippen molar-refractivity contribution in [2.75, 3.05) is 29.9 Å². The molecule has 0 spiro atoms. The Labute approximate surface area is 185 Å². The van der Waals surface area contributed by atoms with Gasteiger partial charge < -0.3 is 27.0 Å². The smallest absolute Gasteiger partial charge is 0.147 e. The minimum Gasteiger partial charge on any atom is -0.378 e. The summed E-state index contributed by atoms with van der Waals surface area (Å²) in [5.74, 6) is -2.10. The standard InChI is InChI=1S/C23H27F3N6/c1-14-9-15(27)12-32(11-14)20-6-8-29-10-19(20)30-13-23(28)7-5-18(26)22(31-23)21-16(24)3-2-4-17(21)25/h2-8,10,14-15,30-31H,9,11-13,27-28H2,1H3/t14-,15+,23?/m1/s1. The van der Waals surface area contributed by atoms with Gasteiger partial charge in [-0.05, 0) is 42.7 Å². The van der Waals surface area contributed by atoms with E-state index in [2.05, 4.69) is 27.4 Å². The third kappa shape index (κ3) is 4.58. The summed E-state index contributed by atoms with van der Waals surface area (Å²) in [6.45, 7) is 3.86. The second-order valence-electron chi connectivity index (χ2n) is 8.57. The number of hydrogen-bond acceptors (Lipinski definition) is 6. The van der Waals surface area contributed by atoms with E-state index in [-0.39, 0.29) is 18.3 Å². The molecule has 2 aliphatic heterocycles. The number of dihydropyridines is 1. The van der Waals surface area contributed by atoms with E-state index in [9.17, 15) is 13.2 Å². The minimum absolute atomic E-state index is 0.0786. The van der Waals surface area contributed by atoms with E-state index in [1.807, 2.05) is 6.07 Å². The summed E-state index contributed by atoms with van der Waals surface area (Å²) in [4.78, 5) is 6.40. The number of halogens is 3. The predicted octanol–water partition coefficient (Wildman–Crippen LogP) is 3.10. The molecule has 1 unspecified atom stereocenters. The van der Waals surface area contributed by atoms with Crippen LogP contribution in [0.25, 0.3) is 5.70 Å². The third-order valence-corrected chi connectivity index (χ3v) is 5.74. The zero-order chi connectivity index (χ0) is 22.9. The van der Waals surface area contributed by atoms with Crippen molar-refractivity contribution in [1.82, 2.24) is 10.3 Å². The number of hydrogen-bond donors (Lipinski definition) is 4. The maximum Gasteiger partial charge on any atom is 0.147 e. The summed E-state index contributed by atoms with van der Waals surface area (Å²) in [7, 11) is 0. The van der Waals surface area contributed by atoms with Gasteiger partial charge >= 0.3 is 0 Å². The fourth-order valence-corrected chi connectivity index (χ4v) is 4.30. The SMILES string of the molecule is C[C@@H]1C[C@H](N)CN(c2ccncc2NCC2(N)C=CC(F)=C(c3c(F)cccc3F)N2)C1. The Morgan fingerprint density at radius 2 is 1.97 bits per heavy atom. The van der Waals surface area contributed by atoms with Crippen molar-refractivity contribution in [3.05, 3.63) is 71.8 Å². The largest absolute Gasteiger partial charge is 0.378 e. The number of piperidine rings is 1. The molecule has 32 heavy (non-hydrogen) atoms. The van der Waals surface area contributed by atoms with E-state index in [4.69, 9.17) is 11.5 Å². The van der Waals surface area contributed by atoms with Crippen molar-refractivity contribution in [2.45, 2.75) is 25.0 Å². The molecule has 3 atom stereocenters. The lowest BCUT2D eigenvalue weighted by Crippen LogP contribution is -2.57. The molecule has 0 amide bonds. The van der Waals surface area contributed by atoms with Crippen LogP contribution in [0, 0.1) is 17.6 Å². The van der Waals surface area contributed by atoms with Crippen LogP contribution in [0.15, 0.2) is 54.6 Å². The van der Waals surface area contributed by atoms with Crippen molar-refractivity contribution >= 4 is 17.1 Å². The summed E-state index contributed by atoms with van der Waals surface area (Å²) in [6, 6.07) is 5.35. The summed E-state index contributed by atoms with van der Waals surface area (Å²) < 4.78 is 43.0. The molecule has 9 heteroatoms. The van der Waals surface area contributed by atoms with Gasteiger partial charge in [-0.1, -0.05) is 13.0 Å². The molecule has 1 fully saturated rings. The van der Waals surface area contributed by atoms with Crippen LogP contribution in [-0.2, 0) is 0 Å². The lowest BCUT2D eigenvalue weighted by molar-refractivity contribution is 0.402. The van der Waals surface area contributed by atoms with Crippen molar-refractivity contribution < 1.29 is 13.2 Å². The molecule has 170 valence electrons. The number of nitrogens with two attached hydrogens (primary N) is 2. The van der Waals surface area contributed by atoms with Gasteiger partial charge in [0.2, 0.25) is 0 Å². The van der Waals surface area contributed by atoms with Gasteiger partial charge in [-0.25, -0.2) is 13.2 Å². The average molecular weight is 445 g/mol. The summed E-state index contributed by atoms with van der Waals surface area (Å²) in [5.41, 5.74) is 12.2. The molecule has 1 saturated heterocycles. The number of rotatable bonds is 5. The Kier molecular flexibility index (Phi) is 6.12. The fraction of sp³-hybridized carbons (Fsp3) is 0.348. The Balaban J connectivity index is 1.53. The number of nitrogens with one attached hydrogen (secondary N) is 2. The zero-order valence-corrected chi connectivity index (χ0v) is 17.8. The first-order valence-corrected chi connectivity index (χ1v) is 10.5. The number of pyridine rings is 1. The van der Waals surface area contributed by atoms with Crippen LogP contribution in [0.4, 0.5) is 24.5 Å². The molecule has 6 nitrogen and oxygen atoms in total. The lowest BCUT2D eigenvalue weighted by Gasteiger charge is -2.38. The Hall–Kier alpha value is -3.04. The van der Waals surface area contributed by atoms with E-state index >= 15 is 0 Å². The number of aromatic nitrogens is 1. The van der Waals surface area contributed by atoms with Crippen LogP contribution in [-0.4, -0.2) is 36.3 Å². The average Bonchev–Trinajstić information content (AvgIpc) is 2.74. The second kappa shape index (κ2) is 8.84. The van der Waals surface area contributed by atoms with Crippen LogP contribution >= 0.6 is 0 Å². The van der Waals surface area contributed by atoms with Crippen LogP contribution in [0.2, 0.25) is 0 Å². The number of allylic oxidation sites excluding steroid dienone is 2. The molecule has 3 heterocycles. The van der Waals surface area contributed by atoms with Crippen LogP contribution in [0.5, 0.6) is 0 Å². The summed E-state index contributed by atoms with van der Waals surface area (Å²) in [6.07, 6.45) is 6.91. The minimum atomic E-state index is -1.29. The van der Waals surface area contributed by atoms with Gasteiger partial charge in [0.15, 0.2) is 0 Å². The normalized spacial score (nSPS) is 25.6. The fourth-order valence-electron chi connectivity index (χ4n) is 4.30. The first kappa shape index (κ1) is 22.2. The van der Waals surface area contributed by atoms with E-state index < -0.39 is 28.7 Å². The van der Waals surface area contributed by atoms with Crippen LogP contribution in [0.1, 0.15) is 18.9 Å². The van der Waals surface area contributed by atoms with E-state index in [1.165, 1.54) is 12.1 Å². The molecule has 2 aromatic rings. The van der Waals surface area contributed by atoms with Crippen molar-refractivity contribution in [3.8, 4) is 0 Å². The maximum atomic E-state index is 14.5. The Morgan fingerprint density at radius 1 is 1.22 bits per heavy atom. The van der Waals surface area contributed by atoms with E-state index in [0.29, 0.717) is 5.92 Å². The van der Waals surface area contributed by atoms with Gasteiger partial charge in [0.25, 0.3) is 0 Å². The molecule has 0 bridgehead atoms. The van der Waals surface area contributed by atoms with Crippen molar-refractivity contribution in [3.63, 3.8) is 0 Å². The molecule has 6 N–H and O–H groups in total. The van der Waals surface area contributed by atoms with Gasteiger partial charge in [-0.15, -0.1) is 0 Å². The molecule has 2 aliphatic rings. The quantitative estimate of drug-likeness (QED) is 0.567. The zero-order valence-electron chi connectivity index (χ0n) is 17.8. The predicted molar refractivity (Wildman–Crippen MR) is 120 cm³/mol. The Bertz CT molecular complexity index is 1030. The van der Waals surface area contributed by atoms with Crippen molar-refractivity contribution in [1.29, 1.82) is 0 Å². The van der Waals surface area contributed by atoms with Crippen molar-refractivity contribution in [2.24, 2.45) is 17.4 Å². The molecular formula is C23H27F3N6. The number of nitrogens with zero attached hydrogens (tertiary/aromatic N) is 2. The monoisotopic (exact) mass is 444 g/mol. The highest BCUT2D eigenvalue weighted by molar-refractivity contribution is 5.72. The molecule has 0 radical (unpaired) electrons. The highest BCUT2D eigenvalue weighted by atomic mass is 19.1. The second-order valence-corrected chi connectivity index (χ2v) is 8.57. The molecule has 4 rings (SSSR count). The maximum absolute atomic E-state index is 14.5. The number of anilines is 2. The highest BCUT2D eigenvalue weighted by Crippen LogP contribution is 2.31. The molecule has 1 aromatic heterocycles. The van der Waals surface area contributed by atoms with Gasteiger partial charge in [-0.2, -0.15) is 0 Å². The number of benzene rings is 1.